The van der Waals surface area contributed by atoms with Gasteiger partial charge in [0.15, 0.2) is 0 Å². The SMILES string of the molecule is Cc1c(Cl)cccc1NC(=O)CS[C@@H](C)c1cccc([N+](=O)[O-])c1. The van der Waals surface area contributed by atoms with Gasteiger partial charge in [-0.3, -0.25) is 14.9 Å². The predicted octanol–water partition coefficient (Wildman–Crippen LogP) is 4.99. The van der Waals surface area contributed by atoms with Gasteiger partial charge in [0.25, 0.3) is 5.69 Å². The predicted molar refractivity (Wildman–Crippen MR) is 98.8 cm³/mol. The Bertz CT molecular complexity index is 767. The number of hydrogen-bond acceptors (Lipinski definition) is 4. The van der Waals surface area contributed by atoms with E-state index in [0.29, 0.717) is 10.7 Å². The molecule has 0 aliphatic heterocycles. The average Bonchev–Trinajstić information content (AvgIpc) is 2.57. The van der Waals surface area contributed by atoms with Gasteiger partial charge in [-0.05, 0) is 37.1 Å². The molecule has 0 unspecified atom stereocenters. The number of amides is 1. The molecule has 0 bridgehead atoms. The fourth-order valence-electron chi connectivity index (χ4n) is 2.12. The number of nitrogens with zero attached hydrogens (tertiary/aromatic N) is 1. The molecule has 2 aromatic rings. The second-order valence-electron chi connectivity index (χ2n) is 5.27. The Hall–Kier alpha value is -2.05. The molecule has 0 radical (unpaired) electrons. The zero-order valence-corrected chi connectivity index (χ0v) is 14.9. The minimum atomic E-state index is -0.421. The van der Waals surface area contributed by atoms with E-state index in [2.05, 4.69) is 5.32 Å². The summed E-state index contributed by atoms with van der Waals surface area (Å²) >= 11 is 7.45. The Morgan fingerprint density at radius 1 is 1.33 bits per heavy atom. The van der Waals surface area contributed by atoms with E-state index in [-0.39, 0.29) is 22.6 Å². The molecule has 1 N–H and O–H groups in total. The van der Waals surface area contributed by atoms with Gasteiger partial charge in [0.05, 0.1) is 10.7 Å². The van der Waals surface area contributed by atoms with E-state index in [4.69, 9.17) is 11.6 Å². The topological polar surface area (TPSA) is 72.2 Å². The molecule has 0 fully saturated rings. The molecule has 1 atom stereocenters. The number of nitrogens with one attached hydrogen (secondary N) is 1. The van der Waals surface area contributed by atoms with Crippen molar-refractivity contribution in [1.29, 1.82) is 0 Å². The smallest absolute Gasteiger partial charge is 0.269 e. The van der Waals surface area contributed by atoms with Crippen LogP contribution in [0, 0.1) is 17.0 Å². The molecule has 7 heteroatoms. The van der Waals surface area contributed by atoms with Crippen molar-refractivity contribution in [2.24, 2.45) is 0 Å². The monoisotopic (exact) mass is 364 g/mol. The first-order valence-electron chi connectivity index (χ1n) is 7.29. The van der Waals surface area contributed by atoms with Gasteiger partial charge in [-0.1, -0.05) is 29.8 Å². The van der Waals surface area contributed by atoms with Crippen molar-refractivity contribution in [1.82, 2.24) is 0 Å². The van der Waals surface area contributed by atoms with Crippen molar-refractivity contribution in [2.75, 3.05) is 11.1 Å². The summed E-state index contributed by atoms with van der Waals surface area (Å²) in [6.45, 7) is 3.76. The summed E-state index contributed by atoms with van der Waals surface area (Å²) in [4.78, 5) is 22.5. The maximum atomic E-state index is 12.1. The molecule has 0 saturated heterocycles. The van der Waals surface area contributed by atoms with Crippen LogP contribution in [0.4, 0.5) is 11.4 Å². The van der Waals surface area contributed by atoms with Crippen LogP contribution in [-0.4, -0.2) is 16.6 Å². The van der Waals surface area contributed by atoms with Crippen LogP contribution >= 0.6 is 23.4 Å². The van der Waals surface area contributed by atoms with Crippen LogP contribution in [0.1, 0.15) is 23.3 Å². The molecule has 0 aliphatic carbocycles. The molecule has 0 aromatic heterocycles. The summed E-state index contributed by atoms with van der Waals surface area (Å²) < 4.78 is 0. The number of nitro benzene ring substituents is 1. The third-order valence-electron chi connectivity index (χ3n) is 3.56. The first-order chi connectivity index (χ1) is 11.4. The van der Waals surface area contributed by atoms with E-state index in [9.17, 15) is 14.9 Å². The zero-order valence-electron chi connectivity index (χ0n) is 13.3. The highest BCUT2D eigenvalue weighted by molar-refractivity contribution is 8.00. The molecule has 0 saturated carbocycles. The van der Waals surface area contributed by atoms with Crippen molar-refractivity contribution in [3.8, 4) is 0 Å². The normalized spacial score (nSPS) is 11.8. The number of carbonyl (C=O) groups excluding carboxylic acids is 1. The lowest BCUT2D eigenvalue weighted by Gasteiger charge is -2.13. The fourth-order valence-corrected chi connectivity index (χ4v) is 3.10. The van der Waals surface area contributed by atoms with Crippen LogP contribution in [0.15, 0.2) is 42.5 Å². The van der Waals surface area contributed by atoms with Crippen LogP contribution in [-0.2, 0) is 4.79 Å². The third-order valence-corrected chi connectivity index (χ3v) is 5.17. The van der Waals surface area contributed by atoms with E-state index in [1.165, 1.54) is 23.9 Å². The standard InChI is InChI=1S/C17H17ClN2O3S/c1-11-15(18)7-4-8-16(11)19-17(21)10-24-12(2)13-5-3-6-14(9-13)20(22)23/h3-9,12H,10H2,1-2H3,(H,19,21)/t12-/m0/s1. The Morgan fingerprint density at radius 3 is 2.75 bits per heavy atom. The molecular weight excluding hydrogens is 348 g/mol. The summed E-state index contributed by atoms with van der Waals surface area (Å²) in [5.74, 6) is 0.109. The van der Waals surface area contributed by atoms with E-state index >= 15 is 0 Å². The number of anilines is 1. The summed E-state index contributed by atoms with van der Waals surface area (Å²) in [7, 11) is 0. The van der Waals surface area contributed by atoms with Crippen molar-refractivity contribution in [2.45, 2.75) is 19.1 Å². The molecule has 0 aliphatic rings. The molecule has 5 nitrogen and oxygen atoms in total. The minimum absolute atomic E-state index is 0.0314. The van der Waals surface area contributed by atoms with Gasteiger partial charge in [-0.15, -0.1) is 11.8 Å². The van der Waals surface area contributed by atoms with Crippen LogP contribution in [0.25, 0.3) is 0 Å². The third kappa shape index (κ3) is 4.72. The Kier molecular flexibility index (Phi) is 6.23. The van der Waals surface area contributed by atoms with Crippen LogP contribution in [0.2, 0.25) is 5.02 Å². The molecule has 126 valence electrons. The number of hydrogen-bond donors (Lipinski definition) is 1. The van der Waals surface area contributed by atoms with Gasteiger partial charge in [-0.2, -0.15) is 0 Å². The molecule has 0 spiro atoms. The van der Waals surface area contributed by atoms with E-state index in [1.54, 1.807) is 24.3 Å². The number of carbonyl (C=O) groups is 1. The highest BCUT2D eigenvalue weighted by Gasteiger charge is 2.14. The molecule has 0 heterocycles. The van der Waals surface area contributed by atoms with Crippen molar-refractivity contribution in [3.05, 3.63) is 68.7 Å². The maximum absolute atomic E-state index is 12.1. The van der Waals surface area contributed by atoms with Gasteiger partial charge < -0.3 is 5.32 Å². The van der Waals surface area contributed by atoms with Gasteiger partial charge in [-0.25, -0.2) is 0 Å². The number of benzene rings is 2. The van der Waals surface area contributed by atoms with E-state index in [0.717, 1.165) is 11.1 Å². The lowest BCUT2D eigenvalue weighted by atomic mass is 10.1. The summed E-state index contributed by atoms with van der Waals surface area (Å²) in [5, 5.41) is 14.2. The summed E-state index contributed by atoms with van der Waals surface area (Å²) in [6.07, 6.45) is 0. The number of rotatable bonds is 6. The maximum Gasteiger partial charge on any atom is 0.269 e. The van der Waals surface area contributed by atoms with Crippen molar-refractivity contribution in [3.63, 3.8) is 0 Å². The van der Waals surface area contributed by atoms with Crippen LogP contribution in [0.5, 0.6) is 0 Å². The second-order valence-corrected chi connectivity index (χ2v) is 7.00. The highest BCUT2D eigenvalue weighted by atomic mass is 35.5. The quantitative estimate of drug-likeness (QED) is 0.579. The number of thioether (sulfide) groups is 1. The molecular formula is C17H17ClN2O3S. The minimum Gasteiger partial charge on any atom is -0.325 e. The molecule has 1 amide bonds. The first kappa shape index (κ1) is 18.3. The number of non-ortho nitro benzene ring substituents is 1. The fraction of sp³-hybridized carbons (Fsp3) is 0.235. The van der Waals surface area contributed by atoms with Gasteiger partial charge in [0, 0.05) is 28.1 Å². The van der Waals surface area contributed by atoms with Gasteiger partial charge in [0.2, 0.25) is 5.91 Å². The second kappa shape index (κ2) is 8.17. The zero-order chi connectivity index (χ0) is 17.7. The van der Waals surface area contributed by atoms with Crippen molar-refractivity contribution < 1.29 is 9.72 Å². The lowest BCUT2D eigenvalue weighted by Crippen LogP contribution is -2.15. The Balaban J connectivity index is 1.95. The summed E-state index contributed by atoms with van der Waals surface area (Å²) in [5.41, 5.74) is 2.39. The Morgan fingerprint density at radius 2 is 2.04 bits per heavy atom. The molecule has 2 aromatic carbocycles. The molecule has 24 heavy (non-hydrogen) atoms. The van der Waals surface area contributed by atoms with E-state index < -0.39 is 4.92 Å². The van der Waals surface area contributed by atoms with Gasteiger partial charge >= 0.3 is 0 Å². The van der Waals surface area contributed by atoms with E-state index in [1.807, 2.05) is 19.9 Å². The Labute approximate surface area is 149 Å². The highest BCUT2D eigenvalue weighted by Crippen LogP contribution is 2.30. The van der Waals surface area contributed by atoms with Crippen molar-refractivity contribution >= 4 is 40.6 Å². The van der Waals surface area contributed by atoms with Crippen LogP contribution < -0.4 is 5.32 Å². The first-order valence-corrected chi connectivity index (χ1v) is 8.72. The summed E-state index contributed by atoms with van der Waals surface area (Å²) in [6, 6.07) is 11.8. The number of halogens is 1. The largest absolute Gasteiger partial charge is 0.325 e. The van der Waals surface area contributed by atoms with Crippen LogP contribution in [0.3, 0.4) is 0 Å². The lowest BCUT2D eigenvalue weighted by molar-refractivity contribution is -0.384. The molecule has 2 rings (SSSR count). The average molecular weight is 365 g/mol. The van der Waals surface area contributed by atoms with Gasteiger partial charge in [0.1, 0.15) is 0 Å². The number of nitro groups is 1.